The molecule has 0 bridgehead atoms. The lowest BCUT2D eigenvalue weighted by Gasteiger charge is -2.18. The summed E-state index contributed by atoms with van der Waals surface area (Å²) in [6, 6.07) is 5.25. The van der Waals surface area contributed by atoms with Gasteiger partial charge in [0.05, 0.1) is 5.69 Å². The van der Waals surface area contributed by atoms with Crippen LogP contribution in [0.5, 0.6) is 0 Å². The van der Waals surface area contributed by atoms with E-state index >= 15 is 0 Å². The van der Waals surface area contributed by atoms with Gasteiger partial charge in [-0.3, -0.25) is 9.78 Å². The van der Waals surface area contributed by atoms with Crippen LogP contribution in [0.25, 0.3) is 0 Å². The van der Waals surface area contributed by atoms with Crippen molar-refractivity contribution in [2.45, 2.75) is 24.9 Å². The third-order valence-corrected chi connectivity index (χ3v) is 2.49. The van der Waals surface area contributed by atoms with Crippen molar-refractivity contribution in [2.75, 3.05) is 0 Å². The first kappa shape index (κ1) is 8.38. The highest BCUT2D eigenvalue weighted by Crippen LogP contribution is 2.34. The van der Waals surface area contributed by atoms with Crippen LogP contribution in [-0.4, -0.2) is 15.9 Å². The summed E-state index contributed by atoms with van der Waals surface area (Å²) >= 11 is 0. The number of rotatable bonds is 1. The fraction of sp³-hybridized carbons (Fsp3) is 0.400. The van der Waals surface area contributed by atoms with Crippen molar-refractivity contribution in [3.8, 4) is 0 Å². The topological polar surface area (TPSA) is 50.2 Å². The van der Waals surface area contributed by atoms with Crippen LogP contribution in [0.4, 0.5) is 0 Å². The first-order valence-corrected chi connectivity index (χ1v) is 4.41. The average Bonchev–Trinajstić information content (AvgIpc) is 2.50. The number of hydrogen-bond acceptors (Lipinski definition) is 3. The number of ketones is 1. The van der Waals surface area contributed by atoms with Gasteiger partial charge in [-0.05, 0) is 25.0 Å². The summed E-state index contributed by atoms with van der Waals surface area (Å²) < 4.78 is 0. The van der Waals surface area contributed by atoms with Gasteiger partial charge in [0.15, 0.2) is 11.4 Å². The second-order valence-electron chi connectivity index (χ2n) is 3.35. The van der Waals surface area contributed by atoms with Gasteiger partial charge in [-0.15, -0.1) is 0 Å². The Morgan fingerprint density at radius 3 is 2.85 bits per heavy atom. The smallest absolute Gasteiger partial charge is 0.170 e. The summed E-state index contributed by atoms with van der Waals surface area (Å²) in [5.74, 6) is -0.105. The van der Waals surface area contributed by atoms with E-state index in [1.807, 2.05) is 0 Å². The molecule has 1 saturated carbocycles. The standard InChI is InChI=1S/C10H11NO2/c12-9-5-3-6-10(9,13)8-4-1-2-7-11-8/h1-2,4,7,13H,3,5-6H2. The lowest BCUT2D eigenvalue weighted by Crippen LogP contribution is -2.31. The van der Waals surface area contributed by atoms with Crippen LogP contribution >= 0.6 is 0 Å². The van der Waals surface area contributed by atoms with Crippen LogP contribution in [0, 0.1) is 0 Å². The first-order chi connectivity index (χ1) is 6.23. The molecule has 1 aromatic heterocycles. The van der Waals surface area contributed by atoms with Gasteiger partial charge in [-0.1, -0.05) is 6.07 Å². The first-order valence-electron chi connectivity index (χ1n) is 4.41. The number of hydrogen-bond donors (Lipinski definition) is 1. The van der Waals surface area contributed by atoms with E-state index in [9.17, 15) is 9.90 Å². The van der Waals surface area contributed by atoms with Crippen molar-refractivity contribution in [2.24, 2.45) is 0 Å². The number of aliphatic hydroxyl groups is 1. The zero-order chi connectivity index (χ0) is 9.31. The van der Waals surface area contributed by atoms with E-state index in [2.05, 4.69) is 4.98 Å². The Morgan fingerprint density at radius 2 is 2.31 bits per heavy atom. The Balaban J connectivity index is 2.40. The van der Waals surface area contributed by atoms with Crippen molar-refractivity contribution < 1.29 is 9.90 Å². The normalized spacial score (nSPS) is 27.9. The maximum atomic E-state index is 11.4. The molecule has 0 aliphatic heterocycles. The average molecular weight is 177 g/mol. The monoisotopic (exact) mass is 177 g/mol. The Kier molecular flexibility index (Phi) is 1.88. The zero-order valence-electron chi connectivity index (χ0n) is 7.23. The molecule has 3 heteroatoms. The van der Waals surface area contributed by atoms with E-state index in [-0.39, 0.29) is 5.78 Å². The second kappa shape index (κ2) is 2.92. The number of Topliss-reactive ketones (excluding diaryl/α,β-unsaturated/α-hetero) is 1. The molecule has 1 unspecified atom stereocenters. The molecule has 3 nitrogen and oxygen atoms in total. The van der Waals surface area contributed by atoms with Gasteiger partial charge in [0.2, 0.25) is 0 Å². The minimum Gasteiger partial charge on any atom is -0.376 e. The summed E-state index contributed by atoms with van der Waals surface area (Å²) in [5, 5.41) is 10.0. The van der Waals surface area contributed by atoms with Crippen LogP contribution in [-0.2, 0) is 10.4 Å². The van der Waals surface area contributed by atoms with E-state index in [0.29, 0.717) is 18.5 Å². The molecular formula is C10H11NO2. The molecule has 1 aliphatic rings. The predicted molar refractivity (Wildman–Crippen MR) is 47.0 cm³/mol. The molecular weight excluding hydrogens is 166 g/mol. The highest BCUT2D eigenvalue weighted by molar-refractivity contribution is 5.89. The lowest BCUT2D eigenvalue weighted by molar-refractivity contribution is -0.134. The number of aromatic nitrogens is 1. The van der Waals surface area contributed by atoms with Crippen LogP contribution < -0.4 is 0 Å². The van der Waals surface area contributed by atoms with Crippen molar-refractivity contribution in [1.82, 2.24) is 4.98 Å². The Labute approximate surface area is 76.4 Å². The third kappa shape index (κ3) is 1.25. The van der Waals surface area contributed by atoms with Gasteiger partial charge in [-0.2, -0.15) is 0 Å². The van der Waals surface area contributed by atoms with E-state index < -0.39 is 5.60 Å². The fourth-order valence-corrected chi connectivity index (χ4v) is 1.73. The summed E-state index contributed by atoms with van der Waals surface area (Å²) in [5.41, 5.74) is -0.821. The minimum atomic E-state index is -1.30. The molecule has 1 aromatic rings. The summed E-state index contributed by atoms with van der Waals surface area (Å²) in [6.07, 6.45) is 3.32. The van der Waals surface area contributed by atoms with E-state index in [0.717, 1.165) is 6.42 Å². The van der Waals surface area contributed by atoms with Crippen LogP contribution in [0.2, 0.25) is 0 Å². The van der Waals surface area contributed by atoms with Crippen molar-refractivity contribution in [1.29, 1.82) is 0 Å². The highest BCUT2D eigenvalue weighted by Gasteiger charge is 2.42. The van der Waals surface area contributed by atoms with Crippen molar-refractivity contribution >= 4 is 5.78 Å². The maximum absolute atomic E-state index is 11.4. The lowest BCUT2D eigenvalue weighted by atomic mass is 9.96. The SMILES string of the molecule is O=C1CCCC1(O)c1ccccn1. The molecule has 0 saturated heterocycles. The molecule has 1 fully saturated rings. The molecule has 13 heavy (non-hydrogen) atoms. The molecule has 0 radical (unpaired) electrons. The minimum absolute atomic E-state index is 0.105. The van der Waals surface area contributed by atoms with Gasteiger partial charge in [0.1, 0.15) is 0 Å². The number of carbonyl (C=O) groups is 1. The molecule has 2 rings (SSSR count). The summed E-state index contributed by atoms with van der Waals surface area (Å²) in [4.78, 5) is 15.4. The van der Waals surface area contributed by atoms with E-state index in [4.69, 9.17) is 0 Å². The van der Waals surface area contributed by atoms with Gasteiger partial charge >= 0.3 is 0 Å². The van der Waals surface area contributed by atoms with Crippen LogP contribution in [0.15, 0.2) is 24.4 Å². The maximum Gasteiger partial charge on any atom is 0.170 e. The van der Waals surface area contributed by atoms with Gasteiger partial charge < -0.3 is 5.11 Å². The number of carbonyl (C=O) groups excluding carboxylic acids is 1. The Hall–Kier alpha value is -1.22. The van der Waals surface area contributed by atoms with E-state index in [1.54, 1.807) is 24.4 Å². The third-order valence-electron chi connectivity index (χ3n) is 2.49. The molecule has 1 heterocycles. The summed E-state index contributed by atoms with van der Waals surface area (Å²) in [6.45, 7) is 0. The van der Waals surface area contributed by atoms with Gasteiger partial charge in [-0.25, -0.2) is 0 Å². The zero-order valence-corrected chi connectivity index (χ0v) is 7.23. The van der Waals surface area contributed by atoms with Gasteiger partial charge in [0, 0.05) is 12.6 Å². The molecule has 0 amide bonds. The molecule has 0 aromatic carbocycles. The van der Waals surface area contributed by atoms with Crippen LogP contribution in [0.3, 0.4) is 0 Å². The Bertz CT molecular complexity index is 323. The molecule has 1 aliphatic carbocycles. The van der Waals surface area contributed by atoms with Gasteiger partial charge in [0.25, 0.3) is 0 Å². The fourth-order valence-electron chi connectivity index (χ4n) is 1.73. The van der Waals surface area contributed by atoms with Crippen molar-refractivity contribution in [3.05, 3.63) is 30.1 Å². The highest BCUT2D eigenvalue weighted by atomic mass is 16.3. The number of pyridine rings is 1. The predicted octanol–water partition coefficient (Wildman–Crippen LogP) is 1.02. The van der Waals surface area contributed by atoms with E-state index in [1.165, 1.54) is 0 Å². The quantitative estimate of drug-likeness (QED) is 0.696. The molecule has 0 spiro atoms. The van der Waals surface area contributed by atoms with Crippen LogP contribution in [0.1, 0.15) is 25.0 Å². The molecule has 68 valence electrons. The summed E-state index contributed by atoms with van der Waals surface area (Å²) in [7, 11) is 0. The largest absolute Gasteiger partial charge is 0.376 e. The Morgan fingerprint density at radius 1 is 1.46 bits per heavy atom. The van der Waals surface area contributed by atoms with Crippen molar-refractivity contribution in [3.63, 3.8) is 0 Å². The second-order valence-corrected chi connectivity index (χ2v) is 3.35. The molecule has 1 N–H and O–H groups in total. The molecule has 1 atom stereocenters. The number of nitrogens with zero attached hydrogens (tertiary/aromatic N) is 1.